The van der Waals surface area contributed by atoms with Gasteiger partial charge in [-0.2, -0.15) is 10.2 Å². The quantitative estimate of drug-likeness (QED) is 0.865. The molecule has 21 heavy (non-hydrogen) atoms. The summed E-state index contributed by atoms with van der Waals surface area (Å²) in [5.74, 6) is 0.665. The van der Waals surface area contributed by atoms with Crippen molar-refractivity contribution in [2.75, 3.05) is 18.0 Å². The number of halogens is 1. The third kappa shape index (κ3) is 2.95. The maximum Gasteiger partial charge on any atom is 0.235 e. The van der Waals surface area contributed by atoms with E-state index in [1.54, 1.807) is 24.3 Å². The van der Waals surface area contributed by atoms with Gasteiger partial charge < -0.3 is 9.32 Å². The highest BCUT2D eigenvalue weighted by Crippen LogP contribution is 2.26. The summed E-state index contributed by atoms with van der Waals surface area (Å²) in [4.78, 5) is 6.22. The van der Waals surface area contributed by atoms with Crippen molar-refractivity contribution in [1.29, 1.82) is 5.26 Å². The molecule has 1 fully saturated rings. The van der Waals surface area contributed by atoms with Crippen molar-refractivity contribution in [3.8, 4) is 6.07 Å². The molecule has 5 heteroatoms. The van der Waals surface area contributed by atoms with Crippen LogP contribution < -0.4 is 4.90 Å². The van der Waals surface area contributed by atoms with Crippen molar-refractivity contribution in [3.05, 3.63) is 47.2 Å². The van der Waals surface area contributed by atoms with Crippen LogP contribution in [0.1, 0.15) is 30.0 Å². The number of nitrogens with zero attached hydrogens (tertiary/aromatic N) is 3. The predicted octanol–water partition coefficient (Wildman–Crippen LogP) is 3.46. The molecule has 0 atom stereocenters. The van der Waals surface area contributed by atoms with E-state index in [0.29, 0.717) is 17.5 Å². The number of benzene rings is 1. The second kappa shape index (κ2) is 5.80. The molecule has 1 saturated heterocycles. The average molecular weight is 283 g/mol. The molecular weight excluding hydrogens is 269 g/mol. The summed E-state index contributed by atoms with van der Waals surface area (Å²) in [6.45, 7) is 1.79. The van der Waals surface area contributed by atoms with Crippen molar-refractivity contribution in [2.45, 2.75) is 12.8 Å². The predicted molar refractivity (Wildman–Crippen MR) is 78.0 cm³/mol. The van der Waals surface area contributed by atoms with Gasteiger partial charge in [0.1, 0.15) is 11.9 Å². The standard InChI is InChI=1S/C16H14FN3O/c17-13-6-3-12(4-7-13)5-8-15-19-14(11-18)16(21-15)20-9-1-2-10-20/h3-8H,1-2,9-10H2. The molecule has 0 saturated carbocycles. The van der Waals surface area contributed by atoms with Crippen LogP contribution in [-0.4, -0.2) is 18.1 Å². The van der Waals surface area contributed by atoms with E-state index in [9.17, 15) is 4.39 Å². The van der Waals surface area contributed by atoms with Gasteiger partial charge in [-0.3, -0.25) is 0 Å². The van der Waals surface area contributed by atoms with Crippen LogP contribution in [0.25, 0.3) is 12.2 Å². The SMILES string of the molecule is N#Cc1nc(C=Cc2ccc(F)cc2)oc1N1CCCC1. The maximum absolute atomic E-state index is 12.8. The van der Waals surface area contributed by atoms with Crippen LogP contribution in [0.2, 0.25) is 0 Å². The maximum atomic E-state index is 12.8. The highest BCUT2D eigenvalue weighted by molar-refractivity contribution is 5.67. The molecule has 0 N–H and O–H groups in total. The molecule has 1 aliphatic heterocycles. The summed E-state index contributed by atoms with van der Waals surface area (Å²) in [6, 6.07) is 8.19. The van der Waals surface area contributed by atoms with Gasteiger partial charge in [0.25, 0.3) is 0 Å². The van der Waals surface area contributed by atoms with E-state index in [1.165, 1.54) is 12.1 Å². The summed E-state index contributed by atoms with van der Waals surface area (Å²) in [5.41, 5.74) is 1.16. The Hall–Kier alpha value is -2.61. The Bertz CT molecular complexity index is 691. The second-order valence-corrected chi connectivity index (χ2v) is 4.90. The van der Waals surface area contributed by atoms with Crippen molar-refractivity contribution in [2.24, 2.45) is 0 Å². The van der Waals surface area contributed by atoms with Crippen LogP contribution in [0.15, 0.2) is 28.7 Å². The molecule has 0 unspecified atom stereocenters. The average Bonchev–Trinajstić information content (AvgIpc) is 3.15. The van der Waals surface area contributed by atoms with Gasteiger partial charge >= 0.3 is 0 Å². The number of rotatable bonds is 3. The van der Waals surface area contributed by atoms with Crippen LogP contribution in [0.3, 0.4) is 0 Å². The van der Waals surface area contributed by atoms with Gasteiger partial charge in [-0.05, 0) is 36.6 Å². The molecule has 1 aromatic heterocycles. The molecule has 0 bridgehead atoms. The molecule has 2 aromatic rings. The van der Waals surface area contributed by atoms with E-state index in [-0.39, 0.29) is 5.82 Å². The Morgan fingerprint density at radius 2 is 1.90 bits per heavy atom. The fourth-order valence-electron chi connectivity index (χ4n) is 2.35. The molecule has 0 radical (unpaired) electrons. The molecule has 1 aromatic carbocycles. The van der Waals surface area contributed by atoms with Crippen molar-refractivity contribution < 1.29 is 8.81 Å². The first kappa shape index (κ1) is 13.4. The smallest absolute Gasteiger partial charge is 0.235 e. The number of anilines is 1. The van der Waals surface area contributed by atoms with Crippen molar-refractivity contribution in [3.63, 3.8) is 0 Å². The van der Waals surface area contributed by atoms with Crippen molar-refractivity contribution >= 4 is 18.0 Å². The molecule has 4 nitrogen and oxygen atoms in total. The minimum absolute atomic E-state index is 0.272. The molecule has 0 spiro atoms. The van der Waals surface area contributed by atoms with Crippen LogP contribution in [-0.2, 0) is 0 Å². The fourth-order valence-corrected chi connectivity index (χ4v) is 2.35. The summed E-state index contributed by atoms with van der Waals surface area (Å²) in [6.07, 6.45) is 5.67. The summed E-state index contributed by atoms with van der Waals surface area (Å²) in [7, 11) is 0. The lowest BCUT2D eigenvalue weighted by molar-refractivity contribution is 0.538. The van der Waals surface area contributed by atoms with E-state index in [2.05, 4.69) is 11.1 Å². The number of hydrogen-bond donors (Lipinski definition) is 0. The topological polar surface area (TPSA) is 53.1 Å². The number of hydrogen-bond acceptors (Lipinski definition) is 4. The highest BCUT2D eigenvalue weighted by Gasteiger charge is 2.21. The lowest BCUT2D eigenvalue weighted by Crippen LogP contribution is -2.17. The minimum Gasteiger partial charge on any atom is -0.420 e. The first-order valence-electron chi connectivity index (χ1n) is 6.86. The molecule has 0 aliphatic carbocycles. The monoisotopic (exact) mass is 283 g/mol. The Labute approximate surface area is 122 Å². The number of aromatic nitrogens is 1. The number of nitriles is 1. The van der Waals surface area contributed by atoms with Gasteiger partial charge in [0.2, 0.25) is 17.5 Å². The number of oxazole rings is 1. The van der Waals surface area contributed by atoms with Gasteiger partial charge in [-0.15, -0.1) is 0 Å². The summed E-state index contributed by atoms with van der Waals surface area (Å²) < 4.78 is 18.5. The third-order valence-corrected chi connectivity index (χ3v) is 3.41. The first-order valence-corrected chi connectivity index (χ1v) is 6.86. The molecule has 1 aliphatic rings. The Morgan fingerprint density at radius 3 is 2.57 bits per heavy atom. The van der Waals surface area contributed by atoms with Gasteiger partial charge in [0.15, 0.2) is 0 Å². The van der Waals surface area contributed by atoms with Gasteiger partial charge in [-0.25, -0.2) is 4.39 Å². The van der Waals surface area contributed by atoms with Gasteiger partial charge in [0, 0.05) is 19.2 Å². The zero-order valence-corrected chi connectivity index (χ0v) is 11.4. The Morgan fingerprint density at radius 1 is 1.19 bits per heavy atom. The largest absolute Gasteiger partial charge is 0.420 e. The second-order valence-electron chi connectivity index (χ2n) is 4.90. The lowest BCUT2D eigenvalue weighted by Gasteiger charge is -2.12. The van der Waals surface area contributed by atoms with Crippen LogP contribution in [0, 0.1) is 17.1 Å². The zero-order chi connectivity index (χ0) is 14.7. The van der Waals surface area contributed by atoms with E-state index in [1.807, 2.05) is 4.90 Å². The summed E-state index contributed by atoms with van der Waals surface area (Å²) in [5, 5.41) is 9.14. The first-order chi connectivity index (χ1) is 10.3. The summed E-state index contributed by atoms with van der Waals surface area (Å²) >= 11 is 0. The van der Waals surface area contributed by atoms with Crippen LogP contribution in [0.5, 0.6) is 0 Å². The molecule has 0 amide bonds. The minimum atomic E-state index is -0.272. The zero-order valence-electron chi connectivity index (χ0n) is 11.4. The van der Waals surface area contributed by atoms with Gasteiger partial charge in [0.05, 0.1) is 0 Å². The Kier molecular flexibility index (Phi) is 3.69. The van der Waals surface area contributed by atoms with Crippen LogP contribution >= 0.6 is 0 Å². The molecule has 3 rings (SSSR count). The molecule has 2 heterocycles. The molecule has 106 valence electrons. The lowest BCUT2D eigenvalue weighted by atomic mass is 10.2. The normalized spacial score (nSPS) is 14.8. The third-order valence-electron chi connectivity index (χ3n) is 3.41. The van der Waals surface area contributed by atoms with E-state index in [0.717, 1.165) is 31.5 Å². The van der Waals surface area contributed by atoms with E-state index in [4.69, 9.17) is 9.68 Å². The van der Waals surface area contributed by atoms with E-state index >= 15 is 0 Å². The molecular formula is C16H14FN3O. The van der Waals surface area contributed by atoms with Gasteiger partial charge in [-0.1, -0.05) is 12.1 Å². The Balaban J connectivity index is 1.82. The fraction of sp³-hybridized carbons (Fsp3) is 0.250. The van der Waals surface area contributed by atoms with Crippen LogP contribution in [0.4, 0.5) is 10.3 Å². The highest BCUT2D eigenvalue weighted by atomic mass is 19.1. The van der Waals surface area contributed by atoms with E-state index < -0.39 is 0 Å². The van der Waals surface area contributed by atoms with Crippen molar-refractivity contribution in [1.82, 2.24) is 4.98 Å².